The van der Waals surface area contributed by atoms with Gasteiger partial charge in [0.05, 0.1) is 7.11 Å². The fraction of sp³-hybridized carbons (Fsp3) is 0.188. The van der Waals surface area contributed by atoms with Crippen LogP contribution in [0.1, 0.15) is 15.9 Å². The van der Waals surface area contributed by atoms with Gasteiger partial charge in [-0.25, -0.2) is 0 Å². The van der Waals surface area contributed by atoms with Crippen molar-refractivity contribution in [2.45, 2.75) is 6.92 Å². The number of carbonyl (C=O) groups excluding carboxylic acids is 1. The highest BCUT2D eigenvalue weighted by Gasteiger charge is 2.06. The van der Waals surface area contributed by atoms with Crippen molar-refractivity contribution in [1.82, 2.24) is 0 Å². The number of benzene rings is 2. The molecule has 2 rings (SSSR count). The first-order chi connectivity index (χ1) is 9.19. The Balaban J connectivity index is 1.98. The SMILES string of the molecule is COc1cccc(OCC(=O)c2ccc(C)cc2)c1. The van der Waals surface area contributed by atoms with Gasteiger partial charge in [0.15, 0.2) is 12.4 Å². The molecule has 0 aromatic heterocycles. The first kappa shape index (κ1) is 13.1. The number of aryl methyl sites for hydroxylation is 1. The molecule has 3 nitrogen and oxygen atoms in total. The van der Waals surface area contributed by atoms with Crippen LogP contribution >= 0.6 is 0 Å². The zero-order valence-electron chi connectivity index (χ0n) is 11.1. The van der Waals surface area contributed by atoms with Crippen molar-refractivity contribution in [3.63, 3.8) is 0 Å². The van der Waals surface area contributed by atoms with Crippen LogP contribution in [0.3, 0.4) is 0 Å². The highest BCUT2D eigenvalue weighted by Crippen LogP contribution is 2.19. The first-order valence-corrected chi connectivity index (χ1v) is 6.06. The molecule has 98 valence electrons. The zero-order chi connectivity index (χ0) is 13.7. The molecule has 0 unspecified atom stereocenters. The molecule has 0 atom stereocenters. The van der Waals surface area contributed by atoms with Crippen LogP contribution in [-0.4, -0.2) is 19.5 Å². The van der Waals surface area contributed by atoms with Gasteiger partial charge in [-0.05, 0) is 19.1 Å². The van der Waals surface area contributed by atoms with Gasteiger partial charge in [0.25, 0.3) is 0 Å². The lowest BCUT2D eigenvalue weighted by molar-refractivity contribution is 0.0921. The molecular formula is C16H16O3. The molecule has 2 aromatic carbocycles. The average molecular weight is 256 g/mol. The van der Waals surface area contributed by atoms with Crippen LogP contribution in [0.4, 0.5) is 0 Å². The predicted octanol–water partition coefficient (Wildman–Crippen LogP) is 3.27. The fourth-order valence-electron chi connectivity index (χ4n) is 1.66. The molecule has 0 aliphatic rings. The van der Waals surface area contributed by atoms with E-state index in [-0.39, 0.29) is 12.4 Å². The summed E-state index contributed by atoms with van der Waals surface area (Å²) in [6, 6.07) is 14.7. The van der Waals surface area contributed by atoms with Crippen molar-refractivity contribution in [2.75, 3.05) is 13.7 Å². The van der Waals surface area contributed by atoms with Crippen molar-refractivity contribution >= 4 is 5.78 Å². The van der Waals surface area contributed by atoms with Crippen LogP contribution in [0.15, 0.2) is 48.5 Å². The summed E-state index contributed by atoms with van der Waals surface area (Å²) in [5, 5.41) is 0. The summed E-state index contributed by atoms with van der Waals surface area (Å²) < 4.78 is 10.6. The van der Waals surface area contributed by atoms with Crippen LogP contribution in [-0.2, 0) is 0 Å². The fourth-order valence-corrected chi connectivity index (χ4v) is 1.66. The second kappa shape index (κ2) is 6.05. The Morgan fingerprint density at radius 1 is 1.05 bits per heavy atom. The van der Waals surface area contributed by atoms with Gasteiger partial charge >= 0.3 is 0 Å². The van der Waals surface area contributed by atoms with E-state index in [9.17, 15) is 4.79 Å². The second-order valence-electron chi connectivity index (χ2n) is 4.26. The number of Topliss-reactive ketones (excluding diaryl/α,β-unsaturated/α-hetero) is 1. The summed E-state index contributed by atoms with van der Waals surface area (Å²) in [7, 11) is 1.59. The van der Waals surface area contributed by atoms with Gasteiger partial charge in [0.1, 0.15) is 11.5 Å². The average Bonchev–Trinajstić information content (AvgIpc) is 2.46. The Hall–Kier alpha value is -2.29. The smallest absolute Gasteiger partial charge is 0.200 e. The van der Waals surface area contributed by atoms with E-state index in [0.717, 1.165) is 5.56 Å². The van der Waals surface area contributed by atoms with Crippen LogP contribution in [0.5, 0.6) is 11.5 Å². The molecule has 0 heterocycles. The predicted molar refractivity (Wildman–Crippen MR) is 74.0 cm³/mol. The minimum Gasteiger partial charge on any atom is -0.497 e. The Kier molecular flexibility index (Phi) is 4.18. The number of methoxy groups -OCH3 is 1. The van der Waals surface area contributed by atoms with Crippen molar-refractivity contribution in [1.29, 1.82) is 0 Å². The van der Waals surface area contributed by atoms with Gasteiger partial charge in [-0.3, -0.25) is 4.79 Å². The summed E-state index contributed by atoms with van der Waals surface area (Å²) in [5.74, 6) is 1.29. The van der Waals surface area contributed by atoms with E-state index in [4.69, 9.17) is 9.47 Å². The van der Waals surface area contributed by atoms with Gasteiger partial charge in [0.2, 0.25) is 0 Å². The maximum absolute atomic E-state index is 11.9. The monoisotopic (exact) mass is 256 g/mol. The number of rotatable bonds is 5. The van der Waals surface area contributed by atoms with E-state index >= 15 is 0 Å². The Morgan fingerprint density at radius 2 is 1.74 bits per heavy atom. The largest absolute Gasteiger partial charge is 0.497 e. The minimum absolute atomic E-state index is 0.0240. The maximum Gasteiger partial charge on any atom is 0.200 e. The third-order valence-electron chi connectivity index (χ3n) is 2.78. The van der Waals surface area contributed by atoms with Crippen molar-refractivity contribution in [2.24, 2.45) is 0 Å². The number of hydrogen-bond acceptors (Lipinski definition) is 3. The molecule has 3 heteroatoms. The van der Waals surface area contributed by atoms with E-state index in [1.54, 1.807) is 19.2 Å². The van der Waals surface area contributed by atoms with Crippen LogP contribution in [0, 0.1) is 6.92 Å². The van der Waals surface area contributed by atoms with Gasteiger partial charge in [-0.15, -0.1) is 0 Å². The Labute approximate surface area is 112 Å². The van der Waals surface area contributed by atoms with Crippen molar-refractivity contribution < 1.29 is 14.3 Å². The lowest BCUT2D eigenvalue weighted by Gasteiger charge is -2.07. The molecule has 0 N–H and O–H groups in total. The Morgan fingerprint density at radius 3 is 2.42 bits per heavy atom. The molecule has 0 bridgehead atoms. The molecule has 0 aliphatic heterocycles. The first-order valence-electron chi connectivity index (χ1n) is 6.06. The zero-order valence-corrected chi connectivity index (χ0v) is 11.1. The highest BCUT2D eigenvalue weighted by molar-refractivity contribution is 5.97. The normalized spacial score (nSPS) is 10.0. The molecular weight excluding hydrogens is 240 g/mol. The molecule has 0 fully saturated rings. The van der Waals surface area contributed by atoms with Crippen molar-refractivity contribution in [3.8, 4) is 11.5 Å². The highest BCUT2D eigenvalue weighted by atomic mass is 16.5. The van der Waals surface area contributed by atoms with E-state index in [1.807, 2.05) is 43.3 Å². The van der Waals surface area contributed by atoms with Gasteiger partial charge < -0.3 is 9.47 Å². The maximum atomic E-state index is 11.9. The van der Waals surface area contributed by atoms with E-state index in [2.05, 4.69) is 0 Å². The number of hydrogen-bond donors (Lipinski definition) is 0. The second-order valence-corrected chi connectivity index (χ2v) is 4.26. The molecule has 0 saturated carbocycles. The quantitative estimate of drug-likeness (QED) is 0.770. The Bertz CT molecular complexity index is 558. The third-order valence-corrected chi connectivity index (χ3v) is 2.78. The lowest BCUT2D eigenvalue weighted by Crippen LogP contribution is -2.11. The van der Waals surface area contributed by atoms with Crippen molar-refractivity contribution in [3.05, 3.63) is 59.7 Å². The molecule has 0 spiro atoms. The molecule has 0 amide bonds. The van der Waals surface area contributed by atoms with Crippen LogP contribution in [0.25, 0.3) is 0 Å². The van der Waals surface area contributed by atoms with E-state index in [0.29, 0.717) is 17.1 Å². The van der Waals surface area contributed by atoms with Crippen LogP contribution < -0.4 is 9.47 Å². The molecule has 0 saturated heterocycles. The third kappa shape index (κ3) is 3.58. The van der Waals surface area contributed by atoms with E-state index in [1.165, 1.54) is 0 Å². The topological polar surface area (TPSA) is 35.5 Å². The summed E-state index contributed by atoms with van der Waals surface area (Å²) in [6.45, 7) is 2.01. The summed E-state index contributed by atoms with van der Waals surface area (Å²) in [5.41, 5.74) is 1.79. The molecule has 2 aromatic rings. The lowest BCUT2D eigenvalue weighted by atomic mass is 10.1. The van der Waals surface area contributed by atoms with Crippen LogP contribution in [0.2, 0.25) is 0 Å². The van der Waals surface area contributed by atoms with E-state index < -0.39 is 0 Å². The summed E-state index contributed by atoms with van der Waals surface area (Å²) in [6.07, 6.45) is 0. The van der Waals surface area contributed by atoms with Gasteiger partial charge in [-0.2, -0.15) is 0 Å². The standard InChI is InChI=1S/C16H16O3/c1-12-6-8-13(9-7-12)16(17)11-19-15-5-3-4-14(10-15)18-2/h3-10H,11H2,1-2H3. The molecule has 0 radical (unpaired) electrons. The summed E-state index contributed by atoms with van der Waals surface area (Å²) in [4.78, 5) is 11.9. The van der Waals surface area contributed by atoms with Gasteiger partial charge in [0, 0.05) is 11.6 Å². The number of ketones is 1. The molecule has 0 aliphatic carbocycles. The number of carbonyl (C=O) groups is 1. The minimum atomic E-state index is -0.0391. The summed E-state index contributed by atoms with van der Waals surface area (Å²) >= 11 is 0. The van der Waals surface area contributed by atoms with Gasteiger partial charge in [-0.1, -0.05) is 35.9 Å². The number of ether oxygens (including phenoxy) is 2. The molecule has 19 heavy (non-hydrogen) atoms.